The maximum absolute atomic E-state index is 10.9. The van der Waals surface area contributed by atoms with E-state index >= 15 is 0 Å². The van der Waals surface area contributed by atoms with Crippen LogP contribution in [-0.2, 0) is 4.79 Å². The third-order valence-electron chi connectivity index (χ3n) is 2.73. The van der Waals surface area contributed by atoms with E-state index in [-0.39, 0.29) is 23.4 Å². The maximum atomic E-state index is 10.9. The summed E-state index contributed by atoms with van der Waals surface area (Å²) in [6.45, 7) is 0. The van der Waals surface area contributed by atoms with E-state index in [9.17, 15) is 4.79 Å². The van der Waals surface area contributed by atoms with Gasteiger partial charge >= 0.3 is 0 Å². The molecule has 86 valence electrons. The number of carbonyl (C=O) groups excluding carboxylic acids is 1. The average Bonchev–Trinajstić information content (AvgIpc) is 2.64. The lowest BCUT2D eigenvalue weighted by Crippen LogP contribution is -2.32. The van der Waals surface area contributed by atoms with E-state index in [1.165, 1.54) is 6.20 Å². The first-order valence-electron chi connectivity index (χ1n) is 5.12. The van der Waals surface area contributed by atoms with Crippen LogP contribution in [-0.4, -0.2) is 17.8 Å². The highest BCUT2D eigenvalue weighted by atomic mass is 16.1. The Morgan fingerprint density at radius 1 is 1.50 bits per heavy atom. The van der Waals surface area contributed by atoms with Crippen molar-refractivity contribution in [1.29, 1.82) is 5.41 Å². The molecule has 1 saturated carbocycles. The fourth-order valence-electron chi connectivity index (χ4n) is 1.83. The number of amidine groups is 1. The summed E-state index contributed by atoms with van der Waals surface area (Å²) in [5.41, 5.74) is 10.3. The van der Waals surface area contributed by atoms with E-state index in [1.807, 2.05) is 0 Å². The Balaban J connectivity index is 2.67. The van der Waals surface area contributed by atoms with Crippen molar-refractivity contribution in [2.24, 2.45) is 17.4 Å². The molecule has 2 atom stereocenters. The Bertz CT molecular complexity index is 351. The van der Waals surface area contributed by atoms with Gasteiger partial charge in [0.25, 0.3) is 5.91 Å². The van der Waals surface area contributed by atoms with Crippen molar-refractivity contribution in [1.82, 2.24) is 5.32 Å². The van der Waals surface area contributed by atoms with Crippen molar-refractivity contribution in [3.05, 3.63) is 11.8 Å². The number of hydrogen-bond acceptors (Lipinski definition) is 3. The Morgan fingerprint density at radius 3 is 2.69 bits per heavy atom. The number of nitrogens with two attached hydrogens (primary N) is 2. The highest BCUT2D eigenvalue weighted by Crippen LogP contribution is 2.24. The van der Waals surface area contributed by atoms with Gasteiger partial charge < -0.3 is 16.8 Å². The van der Waals surface area contributed by atoms with Gasteiger partial charge in [0, 0.05) is 18.2 Å². The molecule has 1 fully saturated rings. The number of nitrogens with one attached hydrogen (secondary N) is 2. The van der Waals surface area contributed by atoms with Crippen LogP contribution < -0.4 is 16.8 Å². The minimum Gasteiger partial charge on any atom is -0.386 e. The molecule has 16 heavy (non-hydrogen) atoms. The molecule has 0 heterocycles. The number of hydrogen-bond donors (Lipinski definition) is 4. The van der Waals surface area contributed by atoms with Gasteiger partial charge in [0.2, 0.25) is 0 Å². The van der Waals surface area contributed by atoms with Gasteiger partial charge in [-0.05, 0) is 12.8 Å². The molecule has 1 unspecified atom stereocenters. The van der Waals surface area contributed by atoms with Gasteiger partial charge in [0.15, 0.2) is 0 Å². The molecule has 1 aliphatic rings. The molecule has 1 aliphatic carbocycles. The van der Waals surface area contributed by atoms with Crippen molar-refractivity contribution in [2.75, 3.05) is 0 Å². The molecule has 0 aromatic rings. The fraction of sp³-hybridized carbons (Fsp3) is 0.455. The second kappa shape index (κ2) is 5.21. The first kappa shape index (κ1) is 12.1. The van der Waals surface area contributed by atoms with E-state index in [4.69, 9.17) is 23.3 Å². The van der Waals surface area contributed by atoms with Crippen LogP contribution in [0.25, 0.3) is 0 Å². The lowest BCUT2D eigenvalue weighted by atomic mass is 10.1. The van der Waals surface area contributed by atoms with Crippen LogP contribution >= 0.6 is 0 Å². The van der Waals surface area contributed by atoms with Crippen LogP contribution in [0, 0.1) is 23.7 Å². The quantitative estimate of drug-likeness (QED) is 0.226. The van der Waals surface area contributed by atoms with Gasteiger partial charge in [-0.15, -0.1) is 12.3 Å². The van der Waals surface area contributed by atoms with Crippen LogP contribution in [0.15, 0.2) is 11.8 Å². The third-order valence-corrected chi connectivity index (χ3v) is 2.73. The summed E-state index contributed by atoms with van der Waals surface area (Å²) in [6, 6.07) is 0.138. The van der Waals surface area contributed by atoms with E-state index in [2.05, 4.69) is 11.2 Å². The first-order chi connectivity index (χ1) is 7.56. The largest absolute Gasteiger partial charge is 0.386 e. The van der Waals surface area contributed by atoms with Gasteiger partial charge in [0.05, 0.1) is 5.57 Å². The highest BCUT2D eigenvalue weighted by molar-refractivity contribution is 6.18. The molecule has 1 amide bonds. The topological polar surface area (TPSA) is 105 Å². The van der Waals surface area contributed by atoms with Crippen LogP contribution in [0.1, 0.15) is 19.3 Å². The molecule has 1 rings (SSSR count). The number of carbonyl (C=O) groups is 1. The summed E-state index contributed by atoms with van der Waals surface area (Å²) < 4.78 is 0. The zero-order valence-corrected chi connectivity index (χ0v) is 8.99. The van der Waals surface area contributed by atoms with E-state index in [0.29, 0.717) is 0 Å². The lowest BCUT2D eigenvalue weighted by molar-refractivity contribution is -0.114. The van der Waals surface area contributed by atoms with Crippen molar-refractivity contribution in [3.63, 3.8) is 0 Å². The summed E-state index contributed by atoms with van der Waals surface area (Å²) in [5.74, 6) is 1.82. The van der Waals surface area contributed by atoms with Gasteiger partial charge in [-0.2, -0.15) is 0 Å². The molecule has 0 aromatic carbocycles. The number of primary amides is 1. The summed E-state index contributed by atoms with van der Waals surface area (Å²) in [5, 5.41) is 10.2. The Labute approximate surface area is 94.8 Å². The summed E-state index contributed by atoms with van der Waals surface area (Å²) in [6.07, 6.45) is 9.77. The second-order valence-corrected chi connectivity index (χ2v) is 3.81. The SMILES string of the molecule is C#CC1CCC[C@@H]1N/C=C(\C(=N)N)C(N)=O. The molecule has 5 nitrogen and oxygen atoms in total. The molecular formula is C11H16N4O. The predicted molar refractivity (Wildman–Crippen MR) is 62.3 cm³/mol. The predicted octanol–water partition coefficient (Wildman–Crippen LogP) is -0.317. The van der Waals surface area contributed by atoms with Crippen LogP contribution in [0.2, 0.25) is 0 Å². The van der Waals surface area contributed by atoms with Gasteiger partial charge in [-0.1, -0.05) is 6.42 Å². The summed E-state index contributed by atoms with van der Waals surface area (Å²) >= 11 is 0. The Morgan fingerprint density at radius 2 is 2.19 bits per heavy atom. The standard InChI is InChI=1S/C11H16N4O/c1-2-7-4-3-5-9(7)15-6-8(10(12)13)11(14)16/h1,6-7,9,15H,3-5H2,(H3,12,13)(H2,14,16)/b8-6+/t7?,9-/m0/s1. The molecule has 0 radical (unpaired) electrons. The molecule has 0 aromatic heterocycles. The zero-order chi connectivity index (χ0) is 12.1. The number of amides is 1. The van der Waals surface area contributed by atoms with Crippen molar-refractivity contribution < 1.29 is 4.79 Å². The molecule has 0 aliphatic heterocycles. The van der Waals surface area contributed by atoms with Gasteiger partial charge in [-0.25, -0.2) is 0 Å². The molecule has 0 saturated heterocycles. The van der Waals surface area contributed by atoms with Crippen molar-refractivity contribution in [2.45, 2.75) is 25.3 Å². The van der Waals surface area contributed by atoms with Crippen LogP contribution in [0.4, 0.5) is 0 Å². The Kier molecular flexibility index (Phi) is 3.95. The second-order valence-electron chi connectivity index (χ2n) is 3.81. The van der Waals surface area contributed by atoms with Crippen molar-refractivity contribution >= 4 is 11.7 Å². The monoisotopic (exact) mass is 220 g/mol. The van der Waals surface area contributed by atoms with E-state index in [0.717, 1.165) is 19.3 Å². The smallest absolute Gasteiger partial charge is 0.253 e. The van der Waals surface area contributed by atoms with Crippen LogP contribution in [0.5, 0.6) is 0 Å². The normalized spacial score (nSPS) is 24.8. The molecular weight excluding hydrogens is 204 g/mol. The summed E-state index contributed by atoms with van der Waals surface area (Å²) in [7, 11) is 0. The fourth-order valence-corrected chi connectivity index (χ4v) is 1.83. The lowest BCUT2D eigenvalue weighted by Gasteiger charge is -2.15. The van der Waals surface area contributed by atoms with E-state index < -0.39 is 5.91 Å². The molecule has 6 N–H and O–H groups in total. The first-order valence-corrected chi connectivity index (χ1v) is 5.12. The third kappa shape index (κ3) is 2.76. The van der Waals surface area contributed by atoms with Crippen LogP contribution in [0.3, 0.4) is 0 Å². The summed E-state index contributed by atoms with van der Waals surface area (Å²) in [4.78, 5) is 10.9. The minimum atomic E-state index is -0.713. The highest BCUT2D eigenvalue weighted by Gasteiger charge is 2.24. The minimum absolute atomic E-state index is 0.0114. The molecule has 5 heteroatoms. The van der Waals surface area contributed by atoms with Gasteiger partial charge in [-0.3, -0.25) is 10.2 Å². The average molecular weight is 220 g/mol. The number of rotatable bonds is 4. The Hall–Kier alpha value is -1.96. The maximum Gasteiger partial charge on any atom is 0.253 e. The van der Waals surface area contributed by atoms with Crippen molar-refractivity contribution in [3.8, 4) is 12.3 Å². The zero-order valence-electron chi connectivity index (χ0n) is 8.99. The van der Waals surface area contributed by atoms with E-state index in [1.54, 1.807) is 0 Å². The number of terminal acetylenes is 1. The molecule has 0 bridgehead atoms. The molecule has 0 spiro atoms. The van der Waals surface area contributed by atoms with Gasteiger partial charge in [0.1, 0.15) is 5.84 Å².